The minimum absolute atomic E-state index is 0.211. The number of methoxy groups -OCH3 is 1. The first-order valence-electron chi connectivity index (χ1n) is 7.24. The number of H-pyrrole nitrogens is 1. The van der Waals surface area contributed by atoms with E-state index in [1.54, 1.807) is 19.2 Å². The van der Waals surface area contributed by atoms with Gasteiger partial charge in [-0.15, -0.1) is 0 Å². The molecule has 2 aromatic rings. The van der Waals surface area contributed by atoms with Gasteiger partial charge >= 0.3 is 0 Å². The standard InChI is InChI=1S/C18H18N2O2/c1-3-12-8-9-13(19-12)10-16-18(22-2)11-15(20-16)14-6-4-5-7-17(14)21/h4-11,19,21H,3H2,1-2H3/b16-10-. The summed E-state index contributed by atoms with van der Waals surface area (Å²) in [6, 6.07) is 11.2. The number of ether oxygens (including phenoxy) is 1. The number of benzene rings is 1. The Bertz CT molecular complexity index is 782. The molecule has 2 heterocycles. The number of nitrogens with one attached hydrogen (secondary N) is 1. The van der Waals surface area contributed by atoms with Gasteiger partial charge in [0.15, 0.2) is 0 Å². The van der Waals surface area contributed by atoms with E-state index in [2.05, 4.69) is 23.0 Å². The number of aromatic amines is 1. The Kier molecular flexibility index (Phi) is 3.83. The molecule has 22 heavy (non-hydrogen) atoms. The number of hydrogen-bond donors (Lipinski definition) is 2. The number of para-hydroxylation sites is 1. The number of nitrogens with zero attached hydrogens (tertiary/aromatic N) is 1. The molecule has 1 aromatic carbocycles. The predicted octanol–water partition coefficient (Wildman–Crippen LogP) is 3.66. The number of aryl methyl sites for hydroxylation is 1. The lowest BCUT2D eigenvalue weighted by atomic mass is 10.1. The van der Waals surface area contributed by atoms with Crippen LogP contribution >= 0.6 is 0 Å². The first-order chi connectivity index (χ1) is 10.7. The van der Waals surface area contributed by atoms with Gasteiger partial charge in [0.2, 0.25) is 0 Å². The fourth-order valence-corrected chi connectivity index (χ4v) is 2.41. The number of rotatable bonds is 4. The Labute approximate surface area is 129 Å². The van der Waals surface area contributed by atoms with E-state index in [1.165, 1.54) is 5.69 Å². The second-order valence-electron chi connectivity index (χ2n) is 5.05. The lowest BCUT2D eigenvalue weighted by Gasteiger charge is -2.00. The van der Waals surface area contributed by atoms with Crippen LogP contribution in [0.1, 0.15) is 23.9 Å². The normalized spacial score (nSPS) is 15.8. The van der Waals surface area contributed by atoms with Gasteiger partial charge in [0, 0.05) is 23.0 Å². The molecule has 0 saturated carbocycles. The van der Waals surface area contributed by atoms with Crippen molar-refractivity contribution < 1.29 is 9.84 Å². The Morgan fingerprint density at radius 2 is 2.05 bits per heavy atom. The van der Waals surface area contributed by atoms with E-state index in [9.17, 15) is 5.11 Å². The third kappa shape index (κ3) is 2.68. The lowest BCUT2D eigenvalue weighted by molar-refractivity contribution is 0.303. The van der Waals surface area contributed by atoms with Crippen LogP contribution < -0.4 is 0 Å². The molecule has 0 aliphatic carbocycles. The summed E-state index contributed by atoms with van der Waals surface area (Å²) >= 11 is 0. The minimum Gasteiger partial charge on any atom is -0.507 e. The number of aliphatic imine (C=N–C) groups is 1. The third-order valence-electron chi connectivity index (χ3n) is 3.60. The fraction of sp³-hybridized carbons (Fsp3) is 0.167. The number of phenols is 1. The Balaban J connectivity index is 1.98. The van der Waals surface area contributed by atoms with Crippen LogP contribution in [0.5, 0.6) is 5.75 Å². The Morgan fingerprint density at radius 3 is 2.73 bits per heavy atom. The molecule has 0 fully saturated rings. The summed E-state index contributed by atoms with van der Waals surface area (Å²) in [6.45, 7) is 2.10. The number of aromatic hydroxyl groups is 1. The molecule has 1 aliphatic rings. The van der Waals surface area contributed by atoms with Crippen molar-refractivity contribution in [3.63, 3.8) is 0 Å². The van der Waals surface area contributed by atoms with Crippen molar-refractivity contribution in [3.05, 3.63) is 70.9 Å². The molecule has 0 spiro atoms. The first-order valence-corrected chi connectivity index (χ1v) is 7.24. The van der Waals surface area contributed by atoms with Gasteiger partial charge in [-0.3, -0.25) is 0 Å². The Morgan fingerprint density at radius 1 is 1.23 bits per heavy atom. The highest BCUT2D eigenvalue weighted by atomic mass is 16.5. The number of aromatic nitrogens is 1. The average molecular weight is 294 g/mol. The SMILES string of the molecule is CCc1ccc(/C=C2\N=C(c3ccccc3O)C=C2OC)[nH]1. The molecule has 2 N–H and O–H groups in total. The molecule has 1 aliphatic heterocycles. The summed E-state index contributed by atoms with van der Waals surface area (Å²) in [5.41, 5.74) is 4.30. The lowest BCUT2D eigenvalue weighted by Crippen LogP contribution is -1.94. The molecule has 4 heteroatoms. The van der Waals surface area contributed by atoms with Crippen molar-refractivity contribution in [2.24, 2.45) is 4.99 Å². The molecular weight excluding hydrogens is 276 g/mol. The summed E-state index contributed by atoms with van der Waals surface area (Å²) in [6.07, 6.45) is 4.74. The van der Waals surface area contributed by atoms with Crippen molar-refractivity contribution in [1.82, 2.24) is 4.98 Å². The van der Waals surface area contributed by atoms with Crippen LogP contribution in [0.4, 0.5) is 0 Å². The van der Waals surface area contributed by atoms with Gasteiger partial charge in [0.1, 0.15) is 17.2 Å². The summed E-state index contributed by atoms with van der Waals surface area (Å²) in [5.74, 6) is 0.897. The van der Waals surface area contributed by atoms with E-state index < -0.39 is 0 Å². The molecule has 0 atom stereocenters. The second kappa shape index (κ2) is 5.93. The van der Waals surface area contributed by atoms with E-state index in [-0.39, 0.29) is 5.75 Å². The molecular formula is C18H18N2O2. The van der Waals surface area contributed by atoms with E-state index in [0.29, 0.717) is 17.0 Å². The molecule has 0 saturated heterocycles. The zero-order chi connectivity index (χ0) is 15.5. The van der Waals surface area contributed by atoms with Crippen LogP contribution in [-0.2, 0) is 11.2 Å². The van der Waals surface area contributed by atoms with E-state index in [0.717, 1.165) is 17.8 Å². The Hall–Kier alpha value is -2.75. The van der Waals surface area contributed by atoms with Gasteiger partial charge in [0.05, 0.1) is 12.8 Å². The van der Waals surface area contributed by atoms with Crippen LogP contribution in [-0.4, -0.2) is 22.9 Å². The number of allylic oxidation sites excluding steroid dienone is 1. The van der Waals surface area contributed by atoms with Gasteiger partial charge in [-0.2, -0.15) is 0 Å². The van der Waals surface area contributed by atoms with Crippen LogP contribution in [0.2, 0.25) is 0 Å². The topological polar surface area (TPSA) is 57.6 Å². The zero-order valence-corrected chi connectivity index (χ0v) is 12.6. The van der Waals surface area contributed by atoms with Crippen LogP contribution in [0.25, 0.3) is 6.08 Å². The predicted molar refractivity (Wildman–Crippen MR) is 87.9 cm³/mol. The van der Waals surface area contributed by atoms with Gasteiger partial charge < -0.3 is 14.8 Å². The highest BCUT2D eigenvalue weighted by molar-refractivity contribution is 6.13. The van der Waals surface area contributed by atoms with Crippen LogP contribution in [0.15, 0.2) is 58.9 Å². The maximum Gasteiger partial charge on any atom is 0.146 e. The van der Waals surface area contributed by atoms with E-state index >= 15 is 0 Å². The highest BCUT2D eigenvalue weighted by Crippen LogP contribution is 2.28. The summed E-state index contributed by atoms with van der Waals surface area (Å²) in [7, 11) is 1.62. The molecule has 0 unspecified atom stereocenters. The molecule has 3 rings (SSSR count). The van der Waals surface area contributed by atoms with Gasteiger partial charge in [-0.05, 0) is 36.8 Å². The summed E-state index contributed by atoms with van der Waals surface area (Å²) in [4.78, 5) is 7.90. The average Bonchev–Trinajstić information content (AvgIpc) is 3.14. The minimum atomic E-state index is 0.211. The van der Waals surface area contributed by atoms with Crippen LogP contribution in [0, 0.1) is 0 Å². The largest absolute Gasteiger partial charge is 0.507 e. The van der Waals surface area contributed by atoms with Crippen molar-refractivity contribution >= 4 is 11.8 Å². The number of phenolic OH excluding ortho intramolecular Hbond substituents is 1. The van der Waals surface area contributed by atoms with Gasteiger partial charge in [-0.1, -0.05) is 19.1 Å². The van der Waals surface area contributed by atoms with Crippen molar-refractivity contribution in [2.75, 3.05) is 7.11 Å². The molecule has 0 amide bonds. The zero-order valence-electron chi connectivity index (χ0n) is 12.6. The first kappa shape index (κ1) is 14.2. The maximum absolute atomic E-state index is 9.96. The molecule has 0 radical (unpaired) electrons. The van der Waals surface area contributed by atoms with Crippen molar-refractivity contribution in [2.45, 2.75) is 13.3 Å². The highest BCUT2D eigenvalue weighted by Gasteiger charge is 2.18. The van der Waals surface area contributed by atoms with Gasteiger partial charge in [-0.25, -0.2) is 4.99 Å². The van der Waals surface area contributed by atoms with E-state index in [1.807, 2.05) is 30.4 Å². The second-order valence-corrected chi connectivity index (χ2v) is 5.05. The summed E-state index contributed by atoms with van der Waals surface area (Å²) < 4.78 is 5.40. The maximum atomic E-state index is 9.96. The van der Waals surface area contributed by atoms with Crippen molar-refractivity contribution in [1.29, 1.82) is 0 Å². The fourth-order valence-electron chi connectivity index (χ4n) is 2.41. The molecule has 1 aromatic heterocycles. The van der Waals surface area contributed by atoms with Crippen molar-refractivity contribution in [3.8, 4) is 5.75 Å². The smallest absolute Gasteiger partial charge is 0.146 e. The number of hydrogen-bond acceptors (Lipinski definition) is 3. The summed E-state index contributed by atoms with van der Waals surface area (Å²) in [5, 5.41) is 9.96. The van der Waals surface area contributed by atoms with E-state index in [4.69, 9.17) is 4.74 Å². The quantitative estimate of drug-likeness (QED) is 0.904. The third-order valence-corrected chi connectivity index (χ3v) is 3.60. The van der Waals surface area contributed by atoms with Crippen LogP contribution in [0.3, 0.4) is 0 Å². The van der Waals surface area contributed by atoms with Gasteiger partial charge in [0.25, 0.3) is 0 Å². The monoisotopic (exact) mass is 294 g/mol. The molecule has 0 bridgehead atoms. The molecule has 112 valence electrons. The molecule has 4 nitrogen and oxygen atoms in total.